The van der Waals surface area contributed by atoms with Crippen molar-refractivity contribution in [1.29, 1.82) is 0 Å². The second-order valence-corrected chi connectivity index (χ2v) is 5.25. The van der Waals surface area contributed by atoms with Gasteiger partial charge in [0.25, 0.3) is 0 Å². The Balaban J connectivity index is 1.83. The molecule has 0 spiro atoms. The summed E-state index contributed by atoms with van der Waals surface area (Å²) >= 11 is 0. The highest BCUT2D eigenvalue weighted by atomic mass is 16.5. The standard InChI is InChI=1S/C16H24N2O2/c1-17-10-11-18(12-15(17)13-19)9-3-4-14-5-7-16(20-2)8-6-14/h3-8,15,19H,9-13H2,1-2H3/b4-3+/t15-/m1/s1. The van der Waals surface area contributed by atoms with Crippen LogP contribution in [0.15, 0.2) is 30.3 Å². The number of hydrogen-bond donors (Lipinski definition) is 1. The lowest BCUT2D eigenvalue weighted by Crippen LogP contribution is -2.52. The summed E-state index contributed by atoms with van der Waals surface area (Å²) in [5, 5.41) is 9.33. The highest BCUT2D eigenvalue weighted by Gasteiger charge is 2.22. The first-order chi connectivity index (χ1) is 9.72. The van der Waals surface area contributed by atoms with E-state index in [1.807, 2.05) is 12.1 Å². The monoisotopic (exact) mass is 276 g/mol. The van der Waals surface area contributed by atoms with Crippen LogP contribution in [0.3, 0.4) is 0 Å². The Morgan fingerprint density at radius 3 is 2.70 bits per heavy atom. The molecule has 4 heteroatoms. The van der Waals surface area contributed by atoms with Crippen molar-refractivity contribution in [2.45, 2.75) is 6.04 Å². The van der Waals surface area contributed by atoms with E-state index in [1.54, 1.807) is 7.11 Å². The third-order valence-corrected chi connectivity index (χ3v) is 3.86. The number of piperazine rings is 1. The maximum atomic E-state index is 9.33. The van der Waals surface area contributed by atoms with Gasteiger partial charge in [-0.05, 0) is 24.7 Å². The van der Waals surface area contributed by atoms with Gasteiger partial charge in [-0.15, -0.1) is 0 Å². The van der Waals surface area contributed by atoms with Crippen LogP contribution in [-0.4, -0.2) is 67.9 Å². The lowest BCUT2D eigenvalue weighted by molar-refractivity contribution is 0.0635. The number of aliphatic hydroxyl groups excluding tert-OH is 1. The molecule has 1 aromatic carbocycles. The zero-order chi connectivity index (χ0) is 14.4. The quantitative estimate of drug-likeness (QED) is 0.880. The van der Waals surface area contributed by atoms with Crippen molar-refractivity contribution in [2.75, 3.05) is 46.9 Å². The molecule has 0 unspecified atom stereocenters. The molecule has 1 aliphatic heterocycles. The Bertz CT molecular complexity index is 431. The number of benzene rings is 1. The molecular weight excluding hydrogens is 252 g/mol. The van der Waals surface area contributed by atoms with E-state index in [9.17, 15) is 5.11 Å². The lowest BCUT2D eigenvalue weighted by Gasteiger charge is -2.38. The molecule has 1 saturated heterocycles. The summed E-state index contributed by atoms with van der Waals surface area (Å²) < 4.78 is 5.14. The van der Waals surface area contributed by atoms with Crippen LogP contribution in [-0.2, 0) is 0 Å². The molecule has 4 nitrogen and oxygen atoms in total. The summed E-state index contributed by atoms with van der Waals surface area (Å²) in [4.78, 5) is 4.60. The van der Waals surface area contributed by atoms with Crippen molar-refractivity contribution < 1.29 is 9.84 Å². The fourth-order valence-corrected chi connectivity index (χ4v) is 2.43. The van der Waals surface area contributed by atoms with Gasteiger partial charge in [-0.25, -0.2) is 0 Å². The van der Waals surface area contributed by atoms with E-state index < -0.39 is 0 Å². The first-order valence-corrected chi connectivity index (χ1v) is 7.07. The largest absolute Gasteiger partial charge is 0.497 e. The average Bonchev–Trinajstić information content (AvgIpc) is 2.49. The summed E-state index contributed by atoms with van der Waals surface area (Å²) in [6, 6.07) is 8.30. The van der Waals surface area contributed by atoms with E-state index in [4.69, 9.17) is 4.74 Å². The molecule has 1 aromatic rings. The number of ether oxygens (including phenoxy) is 1. The van der Waals surface area contributed by atoms with E-state index in [0.29, 0.717) is 0 Å². The molecule has 0 radical (unpaired) electrons. The maximum Gasteiger partial charge on any atom is 0.118 e. The van der Waals surface area contributed by atoms with Gasteiger partial charge in [-0.3, -0.25) is 9.80 Å². The number of methoxy groups -OCH3 is 1. The van der Waals surface area contributed by atoms with Crippen LogP contribution >= 0.6 is 0 Å². The normalized spacial score (nSPS) is 21.4. The van der Waals surface area contributed by atoms with Crippen LogP contribution in [0.2, 0.25) is 0 Å². The Morgan fingerprint density at radius 2 is 2.05 bits per heavy atom. The number of likely N-dealkylation sites (N-methyl/N-ethyl adjacent to an activating group) is 1. The zero-order valence-electron chi connectivity index (χ0n) is 12.3. The molecule has 1 N–H and O–H groups in total. The van der Waals surface area contributed by atoms with Crippen molar-refractivity contribution in [2.24, 2.45) is 0 Å². The summed E-state index contributed by atoms with van der Waals surface area (Å²) in [5.41, 5.74) is 1.18. The number of nitrogens with zero attached hydrogens (tertiary/aromatic N) is 2. The van der Waals surface area contributed by atoms with Gasteiger partial charge in [-0.2, -0.15) is 0 Å². The van der Waals surface area contributed by atoms with Crippen LogP contribution in [0.25, 0.3) is 6.08 Å². The zero-order valence-corrected chi connectivity index (χ0v) is 12.3. The van der Waals surface area contributed by atoms with Gasteiger partial charge in [0.2, 0.25) is 0 Å². The van der Waals surface area contributed by atoms with Gasteiger partial charge < -0.3 is 9.84 Å². The summed E-state index contributed by atoms with van der Waals surface area (Å²) in [6.07, 6.45) is 4.31. The summed E-state index contributed by atoms with van der Waals surface area (Å²) in [6.45, 7) is 4.16. The number of hydrogen-bond acceptors (Lipinski definition) is 4. The topological polar surface area (TPSA) is 35.9 Å². The van der Waals surface area contributed by atoms with Crippen molar-refractivity contribution in [1.82, 2.24) is 9.80 Å². The van der Waals surface area contributed by atoms with Crippen molar-refractivity contribution in [3.8, 4) is 5.75 Å². The molecular formula is C16H24N2O2. The number of rotatable bonds is 5. The minimum atomic E-state index is 0.231. The molecule has 0 aliphatic carbocycles. The molecule has 110 valence electrons. The molecule has 1 fully saturated rings. The average molecular weight is 276 g/mol. The molecule has 1 heterocycles. The van der Waals surface area contributed by atoms with Crippen LogP contribution < -0.4 is 4.74 Å². The van der Waals surface area contributed by atoms with Crippen molar-refractivity contribution in [3.05, 3.63) is 35.9 Å². The molecule has 1 aliphatic rings. The van der Waals surface area contributed by atoms with Crippen LogP contribution in [0.4, 0.5) is 0 Å². The van der Waals surface area contributed by atoms with E-state index in [2.05, 4.69) is 41.1 Å². The highest BCUT2D eigenvalue weighted by Crippen LogP contribution is 2.12. The summed E-state index contributed by atoms with van der Waals surface area (Å²) in [7, 11) is 3.75. The SMILES string of the molecule is COc1ccc(/C=C/CN2CCN(C)[C@@H](CO)C2)cc1. The molecule has 0 amide bonds. The van der Waals surface area contributed by atoms with E-state index in [1.165, 1.54) is 5.56 Å². The smallest absolute Gasteiger partial charge is 0.118 e. The summed E-state index contributed by atoms with van der Waals surface area (Å²) in [5.74, 6) is 0.881. The van der Waals surface area contributed by atoms with Gasteiger partial charge in [0, 0.05) is 32.2 Å². The van der Waals surface area contributed by atoms with Gasteiger partial charge in [0.15, 0.2) is 0 Å². The van der Waals surface area contributed by atoms with Crippen molar-refractivity contribution >= 4 is 6.08 Å². The Labute approximate surface area is 121 Å². The first kappa shape index (κ1) is 15.0. The van der Waals surface area contributed by atoms with Crippen LogP contribution in [0, 0.1) is 0 Å². The molecule has 20 heavy (non-hydrogen) atoms. The lowest BCUT2D eigenvalue weighted by atomic mass is 10.1. The fraction of sp³-hybridized carbons (Fsp3) is 0.500. The third-order valence-electron chi connectivity index (χ3n) is 3.86. The van der Waals surface area contributed by atoms with Crippen molar-refractivity contribution in [3.63, 3.8) is 0 Å². The maximum absolute atomic E-state index is 9.33. The fourth-order valence-electron chi connectivity index (χ4n) is 2.43. The van der Waals surface area contributed by atoms with E-state index in [0.717, 1.165) is 31.9 Å². The van der Waals surface area contributed by atoms with E-state index >= 15 is 0 Å². The minimum absolute atomic E-state index is 0.231. The first-order valence-electron chi connectivity index (χ1n) is 7.07. The Kier molecular flexibility index (Phi) is 5.59. The molecule has 2 rings (SSSR count). The predicted octanol–water partition coefficient (Wildman–Crippen LogP) is 1.32. The van der Waals surface area contributed by atoms with Gasteiger partial charge >= 0.3 is 0 Å². The highest BCUT2D eigenvalue weighted by molar-refractivity contribution is 5.50. The number of aliphatic hydroxyl groups is 1. The molecule has 0 saturated carbocycles. The third kappa shape index (κ3) is 4.07. The van der Waals surface area contributed by atoms with E-state index in [-0.39, 0.29) is 12.6 Å². The van der Waals surface area contributed by atoms with Gasteiger partial charge in [-0.1, -0.05) is 24.3 Å². The van der Waals surface area contributed by atoms with Gasteiger partial charge in [0.1, 0.15) is 5.75 Å². The van der Waals surface area contributed by atoms with Crippen LogP contribution in [0.5, 0.6) is 5.75 Å². The molecule has 0 aromatic heterocycles. The van der Waals surface area contributed by atoms with Crippen LogP contribution in [0.1, 0.15) is 5.56 Å². The second-order valence-electron chi connectivity index (χ2n) is 5.25. The second kappa shape index (κ2) is 7.43. The molecule has 1 atom stereocenters. The van der Waals surface area contributed by atoms with Gasteiger partial charge in [0.05, 0.1) is 13.7 Å². The predicted molar refractivity (Wildman–Crippen MR) is 82.0 cm³/mol. The Morgan fingerprint density at radius 1 is 1.30 bits per heavy atom. The minimum Gasteiger partial charge on any atom is -0.497 e. The molecule has 0 bridgehead atoms. The Hall–Kier alpha value is -1.36.